The molecule has 0 aromatic heterocycles. The van der Waals surface area contributed by atoms with Crippen molar-refractivity contribution in [3.05, 3.63) is 0 Å². The molecule has 0 radical (unpaired) electrons. The van der Waals surface area contributed by atoms with Gasteiger partial charge in [0, 0.05) is 6.04 Å². The summed E-state index contributed by atoms with van der Waals surface area (Å²) in [6.45, 7) is 1.94. The van der Waals surface area contributed by atoms with Crippen LogP contribution in [0.2, 0.25) is 0 Å². The van der Waals surface area contributed by atoms with Crippen molar-refractivity contribution in [2.45, 2.75) is 44.4 Å². The van der Waals surface area contributed by atoms with Crippen LogP contribution in [0, 0.1) is 12.3 Å². The fourth-order valence-corrected chi connectivity index (χ4v) is 1.50. The van der Waals surface area contributed by atoms with Crippen LogP contribution in [0.3, 0.4) is 0 Å². The van der Waals surface area contributed by atoms with Crippen LogP contribution in [-0.4, -0.2) is 23.3 Å². The number of rotatable bonds is 2. The molecule has 62 valence electrons. The van der Waals surface area contributed by atoms with Crippen molar-refractivity contribution in [2.75, 3.05) is 0 Å². The zero-order valence-electron chi connectivity index (χ0n) is 6.88. The number of hydrogen-bond acceptors (Lipinski definition) is 2. The van der Waals surface area contributed by atoms with Gasteiger partial charge >= 0.3 is 0 Å². The first-order valence-electron chi connectivity index (χ1n) is 4.14. The highest BCUT2D eigenvalue weighted by Gasteiger charge is 2.25. The SMILES string of the molecule is C#CC(C)NC1CCCC1O. The van der Waals surface area contributed by atoms with Crippen molar-refractivity contribution in [2.24, 2.45) is 0 Å². The van der Waals surface area contributed by atoms with Crippen LogP contribution in [0.25, 0.3) is 0 Å². The predicted octanol–water partition coefficient (Wildman–Crippen LogP) is 0.511. The minimum absolute atomic E-state index is 0.0766. The van der Waals surface area contributed by atoms with Crippen LogP contribution in [-0.2, 0) is 0 Å². The lowest BCUT2D eigenvalue weighted by Gasteiger charge is -2.18. The van der Waals surface area contributed by atoms with Gasteiger partial charge in [0.1, 0.15) is 0 Å². The molecule has 0 aromatic carbocycles. The molecule has 0 heterocycles. The third-order valence-corrected chi connectivity index (χ3v) is 2.19. The fraction of sp³-hybridized carbons (Fsp3) is 0.778. The number of nitrogens with one attached hydrogen (secondary N) is 1. The van der Waals surface area contributed by atoms with Gasteiger partial charge in [0.2, 0.25) is 0 Å². The van der Waals surface area contributed by atoms with Crippen molar-refractivity contribution >= 4 is 0 Å². The van der Waals surface area contributed by atoms with Crippen LogP contribution >= 0.6 is 0 Å². The Morgan fingerprint density at radius 2 is 2.36 bits per heavy atom. The van der Waals surface area contributed by atoms with E-state index in [1.807, 2.05) is 6.92 Å². The molecule has 0 saturated heterocycles. The molecular weight excluding hydrogens is 138 g/mol. The summed E-state index contributed by atoms with van der Waals surface area (Å²) in [7, 11) is 0. The highest BCUT2D eigenvalue weighted by molar-refractivity contribution is 4.98. The number of terminal acetylenes is 1. The summed E-state index contributed by atoms with van der Waals surface area (Å²) < 4.78 is 0. The summed E-state index contributed by atoms with van der Waals surface area (Å²) in [6.07, 6.45) is 8.08. The van der Waals surface area contributed by atoms with Crippen molar-refractivity contribution in [1.82, 2.24) is 5.32 Å². The van der Waals surface area contributed by atoms with Crippen LogP contribution in [0.4, 0.5) is 0 Å². The largest absolute Gasteiger partial charge is 0.392 e. The second-order valence-electron chi connectivity index (χ2n) is 3.16. The Balaban J connectivity index is 2.32. The van der Waals surface area contributed by atoms with Crippen molar-refractivity contribution in [1.29, 1.82) is 0 Å². The molecule has 0 amide bonds. The Kier molecular flexibility index (Phi) is 2.92. The molecule has 1 saturated carbocycles. The third-order valence-electron chi connectivity index (χ3n) is 2.19. The summed E-state index contributed by atoms with van der Waals surface area (Å²) in [5.74, 6) is 2.59. The van der Waals surface area contributed by atoms with Gasteiger partial charge in [-0.15, -0.1) is 6.42 Å². The smallest absolute Gasteiger partial charge is 0.0693 e. The van der Waals surface area contributed by atoms with E-state index in [1.54, 1.807) is 0 Å². The molecule has 3 unspecified atom stereocenters. The summed E-state index contributed by atoms with van der Waals surface area (Å²) in [6, 6.07) is 0.300. The van der Waals surface area contributed by atoms with E-state index in [1.165, 1.54) is 0 Å². The van der Waals surface area contributed by atoms with E-state index >= 15 is 0 Å². The Morgan fingerprint density at radius 3 is 2.82 bits per heavy atom. The van der Waals surface area contributed by atoms with E-state index in [4.69, 9.17) is 6.42 Å². The summed E-state index contributed by atoms with van der Waals surface area (Å²) in [4.78, 5) is 0. The van der Waals surface area contributed by atoms with Crippen LogP contribution in [0.15, 0.2) is 0 Å². The Bertz CT molecular complexity index is 161. The Hall–Kier alpha value is -0.520. The van der Waals surface area contributed by atoms with Gasteiger partial charge in [-0.05, 0) is 26.2 Å². The molecule has 0 spiro atoms. The molecule has 0 aliphatic heterocycles. The van der Waals surface area contributed by atoms with Gasteiger partial charge in [0.05, 0.1) is 12.1 Å². The third kappa shape index (κ3) is 2.21. The Labute approximate surface area is 68.0 Å². The predicted molar refractivity (Wildman–Crippen MR) is 45.1 cm³/mol. The highest BCUT2D eigenvalue weighted by atomic mass is 16.3. The van der Waals surface area contributed by atoms with Gasteiger partial charge in [-0.3, -0.25) is 5.32 Å². The monoisotopic (exact) mass is 153 g/mol. The van der Waals surface area contributed by atoms with Crippen molar-refractivity contribution < 1.29 is 5.11 Å². The minimum Gasteiger partial charge on any atom is -0.392 e. The zero-order valence-corrected chi connectivity index (χ0v) is 6.88. The molecule has 1 aliphatic carbocycles. The maximum atomic E-state index is 9.40. The van der Waals surface area contributed by atoms with Crippen LogP contribution < -0.4 is 5.32 Å². The number of aliphatic hydroxyl groups excluding tert-OH is 1. The molecule has 2 heteroatoms. The quantitative estimate of drug-likeness (QED) is 0.567. The standard InChI is InChI=1S/C9H15NO/c1-3-7(2)10-8-5-4-6-9(8)11/h1,7-11H,4-6H2,2H3. The molecular formula is C9H15NO. The lowest BCUT2D eigenvalue weighted by molar-refractivity contribution is 0.147. The number of aliphatic hydroxyl groups is 1. The molecule has 11 heavy (non-hydrogen) atoms. The minimum atomic E-state index is -0.189. The van der Waals surface area contributed by atoms with Crippen LogP contribution in [0.1, 0.15) is 26.2 Å². The lowest BCUT2D eigenvalue weighted by atomic mass is 10.2. The summed E-state index contributed by atoms with van der Waals surface area (Å²) in [5.41, 5.74) is 0. The van der Waals surface area contributed by atoms with Gasteiger partial charge in [-0.1, -0.05) is 5.92 Å². The van der Waals surface area contributed by atoms with Crippen LogP contribution in [0.5, 0.6) is 0 Å². The van der Waals surface area contributed by atoms with Gasteiger partial charge in [-0.25, -0.2) is 0 Å². The topological polar surface area (TPSA) is 32.3 Å². The molecule has 3 atom stereocenters. The van der Waals surface area contributed by atoms with E-state index < -0.39 is 0 Å². The molecule has 2 nitrogen and oxygen atoms in total. The second-order valence-corrected chi connectivity index (χ2v) is 3.16. The van der Waals surface area contributed by atoms with E-state index in [2.05, 4.69) is 11.2 Å². The van der Waals surface area contributed by atoms with Gasteiger partial charge in [-0.2, -0.15) is 0 Å². The molecule has 1 fully saturated rings. The maximum Gasteiger partial charge on any atom is 0.0693 e. The lowest BCUT2D eigenvalue weighted by Crippen LogP contribution is -2.40. The first-order valence-corrected chi connectivity index (χ1v) is 4.14. The normalized spacial score (nSPS) is 33.2. The molecule has 1 aliphatic rings. The molecule has 2 N–H and O–H groups in total. The van der Waals surface area contributed by atoms with E-state index in [9.17, 15) is 5.11 Å². The summed E-state index contributed by atoms with van der Waals surface area (Å²) in [5, 5.41) is 12.6. The zero-order chi connectivity index (χ0) is 8.27. The second kappa shape index (κ2) is 3.75. The van der Waals surface area contributed by atoms with Gasteiger partial charge < -0.3 is 5.11 Å². The average Bonchev–Trinajstić information content (AvgIpc) is 2.37. The first kappa shape index (κ1) is 8.58. The maximum absolute atomic E-state index is 9.40. The Morgan fingerprint density at radius 1 is 1.64 bits per heavy atom. The average molecular weight is 153 g/mol. The van der Waals surface area contributed by atoms with Crippen molar-refractivity contribution in [3.8, 4) is 12.3 Å². The van der Waals surface area contributed by atoms with E-state index in [-0.39, 0.29) is 18.2 Å². The first-order chi connectivity index (χ1) is 5.24. The molecule has 1 rings (SSSR count). The fourth-order valence-electron chi connectivity index (χ4n) is 1.50. The van der Waals surface area contributed by atoms with E-state index in [0.717, 1.165) is 19.3 Å². The summed E-state index contributed by atoms with van der Waals surface area (Å²) >= 11 is 0. The molecule has 0 aromatic rings. The van der Waals surface area contributed by atoms with Crippen molar-refractivity contribution in [3.63, 3.8) is 0 Å². The van der Waals surface area contributed by atoms with Gasteiger partial charge in [0.15, 0.2) is 0 Å². The highest BCUT2D eigenvalue weighted by Crippen LogP contribution is 2.18. The molecule has 0 bridgehead atoms. The number of hydrogen-bond donors (Lipinski definition) is 2. The van der Waals surface area contributed by atoms with E-state index in [0.29, 0.717) is 0 Å². The van der Waals surface area contributed by atoms with Gasteiger partial charge in [0.25, 0.3) is 0 Å².